The number of hydrogen-bond donors (Lipinski definition) is 1. The van der Waals surface area contributed by atoms with E-state index in [9.17, 15) is 9.59 Å². The minimum absolute atomic E-state index is 0.00217. The number of aliphatic carboxylic acids is 1. The molecule has 0 aliphatic rings. The topological polar surface area (TPSA) is 66.8 Å². The number of benzene rings is 1. The quantitative estimate of drug-likeness (QED) is 0.920. The summed E-state index contributed by atoms with van der Waals surface area (Å²) in [6.07, 6.45) is -0.380. The van der Waals surface area contributed by atoms with Gasteiger partial charge in [0.05, 0.1) is 6.42 Å². The minimum Gasteiger partial charge on any atom is -0.481 e. The van der Waals surface area contributed by atoms with Crippen LogP contribution in [0, 0.1) is 0 Å². The number of rotatable bonds is 4. The lowest BCUT2D eigenvalue weighted by atomic mass is 10.1. The summed E-state index contributed by atoms with van der Waals surface area (Å²) in [6, 6.07) is 7.15. The smallest absolute Gasteiger partial charge is 0.410 e. The first-order valence-electron chi connectivity index (χ1n) is 6.41. The molecule has 0 heterocycles. The van der Waals surface area contributed by atoms with Crippen LogP contribution in [-0.4, -0.2) is 34.7 Å². The number of hydrogen-bond acceptors (Lipinski definition) is 3. The van der Waals surface area contributed by atoms with Crippen LogP contribution in [0.5, 0.6) is 0 Å². The van der Waals surface area contributed by atoms with Gasteiger partial charge < -0.3 is 14.7 Å². The van der Waals surface area contributed by atoms with Crippen LogP contribution in [0.2, 0.25) is 0 Å². The number of ether oxygens (including phenoxy) is 1. The predicted molar refractivity (Wildman–Crippen MR) is 75.5 cm³/mol. The van der Waals surface area contributed by atoms with Crippen LogP contribution in [-0.2, 0) is 22.5 Å². The van der Waals surface area contributed by atoms with Crippen molar-refractivity contribution < 1.29 is 19.4 Å². The molecule has 0 aromatic heterocycles. The van der Waals surface area contributed by atoms with Gasteiger partial charge in [-0.3, -0.25) is 4.79 Å². The van der Waals surface area contributed by atoms with Crippen molar-refractivity contribution in [3.63, 3.8) is 0 Å². The van der Waals surface area contributed by atoms with Crippen LogP contribution in [0.3, 0.4) is 0 Å². The zero-order valence-corrected chi connectivity index (χ0v) is 12.3. The highest BCUT2D eigenvalue weighted by atomic mass is 16.6. The lowest BCUT2D eigenvalue weighted by molar-refractivity contribution is -0.136. The van der Waals surface area contributed by atoms with Crippen LogP contribution in [0.25, 0.3) is 0 Å². The molecule has 0 radical (unpaired) electrons. The molecule has 0 saturated carbocycles. The molecule has 1 rings (SSSR count). The Morgan fingerprint density at radius 2 is 1.65 bits per heavy atom. The molecule has 1 aromatic carbocycles. The van der Waals surface area contributed by atoms with Crippen molar-refractivity contribution in [3.8, 4) is 0 Å². The van der Waals surface area contributed by atoms with Crippen LogP contribution < -0.4 is 0 Å². The molecule has 0 aliphatic carbocycles. The largest absolute Gasteiger partial charge is 0.481 e. The Morgan fingerprint density at radius 1 is 1.15 bits per heavy atom. The summed E-state index contributed by atoms with van der Waals surface area (Å²) < 4.78 is 5.26. The first-order valence-corrected chi connectivity index (χ1v) is 6.41. The lowest BCUT2D eigenvalue weighted by Crippen LogP contribution is -2.33. The number of carboxylic acid groups (broad SMARTS) is 1. The third kappa shape index (κ3) is 5.73. The SMILES string of the molecule is CN(Cc1ccc(CC(=O)O)cc1)C(=O)OC(C)(C)C. The summed E-state index contributed by atoms with van der Waals surface area (Å²) in [5, 5.41) is 8.69. The highest BCUT2D eigenvalue weighted by Gasteiger charge is 2.19. The second-order valence-electron chi connectivity index (χ2n) is 5.72. The Morgan fingerprint density at radius 3 is 2.10 bits per heavy atom. The Balaban J connectivity index is 2.60. The number of carbonyl (C=O) groups excluding carboxylic acids is 1. The number of carbonyl (C=O) groups is 2. The van der Waals surface area contributed by atoms with Crippen molar-refractivity contribution in [2.75, 3.05) is 7.05 Å². The summed E-state index contributed by atoms with van der Waals surface area (Å²) in [7, 11) is 1.67. The van der Waals surface area contributed by atoms with E-state index >= 15 is 0 Å². The van der Waals surface area contributed by atoms with E-state index in [2.05, 4.69) is 0 Å². The molecule has 110 valence electrons. The van der Waals surface area contributed by atoms with Gasteiger partial charge in [-0.05, 0) is 31.9 Å². The van der Waals surface area contributed by atoms with Crippen molar-refractivity contribution in [2.24, 2.45) is 0 Å². The standard InChI is InChI=1S/C15H21NO4/c1-15(2,3)20-14(19)16(4)10-12-7-5-11(6-8-12)9-13(17)18/h5-8H,9-10H2,1-4H3,(H,17,18). The van der Waals surface area contributed by atoms with Gasteiger partial charge in [0.15, 0.2) is 0 Å². The molecule has 0 fully saturated rings. The molecule has 0 atom stereocenters. The minimum atomic E-state index is -0.858. The average molecular weight is 279 g/mol. The van der Waals surface area contributed by atoms with E-state index in [4.69, 9.17) is 9.84 Å². The molecular formula is C15H21NO4. The van der Waals surface area contributed by atoms with Gasteiger partial charge in [-0.15, -0.1) is 0 Å². The molecule has 1 amide bonds. The molecule has 0 spiro atoms. The highest BCUT2D eigenvalue weighted by molar-refractivity contribution is 5.70. The van der Waals surface area contributed by atoms with Gasteiger partial charge in [-0.1, -0.05) is 24.3 Å². The Hall–Kier alpha value is -2.04. The molecule has 5 nitrogen and oxygen atoms in total. The summed E-state index contributed by atoms with van der Waals surface area (Å²) in [6.45, 7) is 5.88. The van der Waals surface area contributed by atoms with Gasteiger partial charge in [0.2, 0.25) is 0 Å². The molecule has 0 bridgehead atoms. The van der Waals surface area contributed by atoms with Crippen molar-refractivity contribution in [1.82, 2.24) is 4.90 Å². The Labute approximate surface area is 119 Å². The molecule has 0 aliphatic heterocycles. The lowest BCUT2D eigenvalue weighted by Gasteiger charge is -2.24. The Bertz CT molecular complexity index is 474. The summed E-state index contributed by atoms with van der Waals surface area (Å²) in [5.74, 6) is -0.858. The van der Waals surface area contributed by atoms with Gasteiger partial charge in [0, 0.05) is 13.6 Å². The maximum Gasteiger partial charge on any atom is 0.410 e. The van der Waals surface area contributed by atoms with Gasteiger partial charge >= 0.3 is 12.1 Å². The fraction of sp³-hybridized carbons (Fsp3) is 0.467. The fourth-order valence-corrected chi connectivity index (χ4v) is 1.62. The summed E-state index contributed by atoms with van der Waals surface area (Å²) in [4.78, 5) is 23.9. The molecule has 0 saturated heterocycles. The maximum absolute atomic E-state index is 11.8. The molecular weight excluding hydrogens is 258 g/mol. The van der Waals surface area contributed by atoms with E-state index in [0.29, 0.717) is 6.54 Å². The third-order valence-corrected chi connectivity index (χ3v) is 2.50. The highest BCUT2D eigenvalue weighted by Crippen LogP contribution is 2.12. The monoisotopic (exact) mass is 279 g/mol. The van der Waals surface area contributed by atoms with E-state index in [1.165, 1.54) is 4.90 Å². The Kier molecular flexibility index (Phi) is 5.13. The first kappa shape index (κ1) is 16.0. The van der Waals surface area contributed by atoms with E-state index in [1.54, 1.807) is 19.2 Å². The predicted octanol–water partition coefficient (Wildman–Crippen LogP) is 2.68. The van der Waals surface area contributed by atoms with Crippen molar-refractivity contribution in [3.05, 3.63) is 35.4 Å². The molecule has 1 aromatic rings. The van der Waals surface area contributed by atoms with Gasteiger partial charge in [0.1, 0.15) is 5.60 Å². The van der Waals surface area contributed by atoms with E-state index in [0.717, 1.165) is 11.1 Å². The number of carboxylic acids is 1. The number of nitrogens with zero attached hydrogens (tertiary/aromatic N) is 1. The average Bonchev–Trinajstić information content (AvgIpc) is 2.28. The van der Waals surface area contributed by atoms with Crippen molar-refractivity contribution >= 4 is 12.1 Å². The molecule has 0 unspecified atom stereocenters. The normalized spacial score (nSPS) is 11.0. The first-order chi connectivity index (χ1) is 9.17. The fourth-order valence-electron chi connectivity index (χ4n) is 1.62. The van der Waals surface area contributed by atoms with E-state index in [1.807, 2.05) is 32.9 Å². The molecule has 1 N–H and O–H groups in total. The number of amides is 1. The van der Waals surface area contributed by atoms with Gasteiger partial charge in [-0.25, -0.2) is 4.79 Å². The maximum atomic E-state index is 11.8. The van der Waals surface area contributed by atoms with Crippen LogP contribution >= 0.6 is 0 Å². The van der Waals surface area contributed by atoms with Gasteiger partial charge in [0.25, 0.3) is 0 Å². The van der Waals surface area contributed by atoms with E-state index < -0.39 is 11.6 Å². The molecule has 20 heavy (non-hydrogen) atoms. The second-order valence-corrected chi connectivity index (χ2v) is 5.72. The second kappa shape index (κ2) is 6.41. The summed E-state index contributed by atoms with van der Waals surface area (Å²) >= 11 is 0. The van der Waals surface area contributed by atoms with E-state index in [-0.39, 0.29) is 12.5 Å². The van der Waals surface area contributed by atoms with Crippen LogP contribution in [0.15, 0.2) is 24.3 Å². The van der Waals surface area contributed by atoms with Gasteiger partial charge in [-0.2, -0.15) is 0 Å². The van der Waals surface area contributed by atoms with Crippen molar-refractivity contribution in [2.45, 2.75) is 39.3 Å². The molecule has 5 heteroatoms. The zero-order chi connectivity index (χ0) is 15.3. The summed E-state index contributed by atoms with van der Waals surface area (Å²) in [5.41, 5.74) is 1.14. The zero-order valence-electron chi connectivity index (χ0n) is 12.3. The third-order valence-electron chi connectivity index (χ3n) is 2.50. The van der Waals surface area contributed by atoms with Crippen LogP contribution in [0.4, 0.5) is 4.79 Å². The van der Waals surface area contributed by atoms with Crippen LogP contribution in [0.1, 0.15) is 31.9 Å². The van der Waals surface area contributed by atoms with Crippen molar-refractivity contribution in [1.29, 1.82) is 0 Å².